The quantitative estimate of drug-likeness (QED) is 0.575. The molecular weight excluding hydrogens is 392 g/mol. The Morgan fingerprint density at radius 1 is 1.00 bits per heavy atom. The minimum Gasteiger partial charge on any atom is -0.493 e. The van der Waals surface area contributed by atoms with Crippen molar-refractivity contribution in [2.24, 2.45) is 0 Å². The number of ether oxygens (including phenoxy) is 2. The average molecular weight is 414 g/mol. The first-order chi connectivity index (χ1) is 15.1. The Hall–Kier alpha value is -4.06. The first-order valence-corrected chi connectivity index (χ1v) is 9.88. The van der Waals surface area contributed by atoms with Gasteiger partial charge in [0.15, 0.2) is 18.1 Å². The largest absolute Gasteiger partial charge is 0.493 e. The second kappa shape index (κ2) is 9.17. The van der Waals surface area contributed by atoms with Crippen LogP contribution < -0.4 is 20.1 Å². The van der Waals surface area contributed by atoms with Crippen molar-refractivity contribution in [3.8, 4) is 11.5 Å². The average Bonchev–Trinajstić information content (AvgIpc) is 3.12. The molecule has 6 heteroatoms. The van der Waals surface area contributed by atoms with Gasteiger partial charge in [-0.05, 0) is 35.4 Å². The second-order valence-electron chi connectivity index (χ2n) is 7.02. The summed E-state index contributed by atoms with van der Waals surface area (Å²) in [6.45, 7) is 0.315. The number of amides is 2. The van der Waals surface area contributed by atoms with E-state index in [4.69, 9.17) is 9.47 Å². The number of nitrogens with one attached hydrogen (secondary N) is 2. The fraction of sp³-hybridized carbons (Fsp3) is 0.120. The second-order valence-corrected chi connectivity index (χ2v) is 7.02. The van der Waals surface area contributed by atoms with Crippen molar-refractivity contribution in [1.29, 1.82) is 0 Å². The molecule has 0 saturated carbocycles. The Labute approximate surface area is 180 Å². The molecule has 6 nitrogen and oxygen atoms in total. The molecule has 0 atom stereocenters. The number of carbonyl (C=O) groups excluding carboxylic acids is 2. The van der Waals surface area contributed by atoms with Gasteiger partial charge in [-0.2, -0.15) is 0 Å². The zero-order valence-electron chi connectivity index (χ0n) is 17.1. The number of anilines is 1. The summed E-state index contributed by atoms with van der Waals surface area (Å²) in [4.78, 5) is 24.4. The van der Waals surface area contributed by atoms with Gasteiger partial charge in [0.1, 0.15) is 0 Å². The third-order valence-corrected chi connectivity index (χ3v) is 4.90. The number of hydrogen-bond donors (Lipinski definition) is 2. The first kappa shape index (κ1) is 20.2. The van der Waals surface area contributed by atoms with Crippen LogP contribution in [0.2, 0.25) is 0 Å². The van der Waals surface area contributed by atoms with Gasteiger partial charge in [0.05, 0.1) is 7.11 Å². The van der Waals surface area contributed by atoms with Crippen LogP contribution in [0, 0.1) is 0 Å². The summed E-state index contributed by atoms with van der Waals surface area (Å²) >= 11 is 0. The minimum absolute atomic E-state index is 0.126. The number of fused-ring (bicyclic) bond motifs is 1. The van der Waals surface area contributed by atoms with Crippen LogP contribution >= 0.6 is 0 Å². The van der Waals surface area contributed by atoms with Gasteiger partial charge in [-0.1, -0.05) is 54.6 Å². The highest BCUT2D eigenvalue weighted by Gasteiger charge is 2.23. The van der Waals surface area contributed by atoms with E-state index in [0.717, 1.165) is 22.4 Å². The Morgan fingerprint density at radius 2 is 1.77 bits per heavy atom. The third kappa shape index (κ3) is 4.75. The van der Waals surface area contributed by atoms with Crippen LogP contribution in [-0.2, 0) is 16.1 Å². The van der Waals surface area contributed by atoms with Crippen molar-refractivity contribution in [3.63, 3.8) is 0 Å². The van der Waals surface area contributed by atoms with Crippen LogP contribution in [0.4, 0.5) is 5.69 Å². The van der Waals surface area contributed by atoms with Crippen molar-refractivity contribution >= 4 is 29.2 Å². The van der Waals surface area contributed by atoms with Crippen LogP contribution in [-0.4, -0.2) is 25.5 Å². The Morgan fingerprint density at radius 3 is 2.58 bits per heavy atom. The summed E-state index contributed by atoms with van der Waals surface area (Å²) in [5.74, 6) is 0.569. The van der Waals surface area contributed by atoms with Crippen LogP contribution in [0.3, 0.4) is 0 Å². The number of methoxy groups -OCH3 is 1. The summed E-state index contributed by atoms with van der Waals surface area (Å²) in [7, 11) is 1.53. The minimum atomic E-state index is -0.226. The normalized spacial score (nSPS) is 13.5. The lowest BCUT2D eigenvalue weighted by Gasteiger charge is -2.12. The maximum atomic E-state index is 12.3. The lowest BCUT2D eigenvalue weighted by atomic mass is 10.0. The molecule has 0 spiro atoms. The number of carbonyl (C=O) groups is 2. The molecule has 0 saturated heterocycles. The Kier molecular flexibility index (Phi) is 5.98. The molecule has 1 aliphatic heterocycles. The molecule has 31 heavy (non-hydrogen) atoms. The summed E-state index contributed by atoms with van der Waals surface area (Å²) in [6.07, 6.45) is 1.81. The van der Waals surface area contributed by atoms with Gasteiger partial charge in [0, 0.05) is 23.4 Å². The van der Waals surface area contributed by atoms with E-state index in [1.54, 1.807) is 18.2 Å². The van der Waals surface area contributed by atoms with Crippen LogP contribution in [0.15, 0.2) is 72.8 Å². The van der Waals surface area contributed by atoms with Gasteiger partial charge in [-0.3, -0.25) is 9.59 Å². The van der Waals surface area contributed by atoms with Gasteiger partial charge in [-0.15, -0.1) is 0 Å². The molecule has 0 aliphatic carbocycles. The highest BCUT2D eigenvalue weighted by atomic mass is 16.5. The first-order valence-electron chi connectivity index (χ1n) is 9.88. The van der Waals surface area contributed by atoms with Crippen molar-refractivity contribution in [3.05, 3.63) is 89.5 Å². The molecule has 0 fully saturated rings. The van der Waals surface area contributed by atoms with Crippen molar-refractivity contribution < 1.29 is 19.1 Å². The fourth-order valence-electron chi connectivity index (χ4n) is 3.33. The van der Waals surface area contributed by atoms with E-state index < -0.39 is 0 Å². The summed E-state index contributed by atoms with van der Waals surface area (Å²) in [5, 5.41) is 5.68. The standard InChI is InChI=1S/C25H22N2O4/c1-30-23-14-18(13-20-19-9-5-6-10-21(19)27-25(20)29)11-12-22(23)31-16-24(28)26-15-17-7-3-2-4-8-17/h2-14H,15-16H2,1H3,(H,26,28)(H,27,29). The third-order valence-electron chi connectivity index (χ3n) is 4.90. The summed E-state index contributed by atoms with van der Waals surface area (Å²) in [6, 6.07) is 22.5. The lowest BCUT2D eigenvalue weighted by molar-refractivity contribution is -0.123. The summed E-state index contributed by atoms with van der Waals surface area (Å²) in [5.41, 5.74) is 4.06. The molecule has 3 aromatic carbocycles. The van der Waals surface area contributed by atoms with E-state index >= 15 is 0 Å². The molecule has 0 bridgehead atoms. The van der Waals surface area contributed by atoms with E-state index in [0.29, 0.717) is 23.6 Å². The Balaban J connectivity index is 1.43. The van der Waals surface area contributed by atoms with Crippen molar-refractivity contribution in [2.75, 3.05) is 19.0 Å². The molecule has 0 aromatic heterocycles. The van der Waals surface area contributed by atoms with Gasteiger partial charge < -0.3 is 20.1 Å². The summed E-state index contributed by atoms with van der Waals surface area (Å²) < 4.78 is 11.1. The lowest BCUT2D eigenvalue weighted by Crippen LogP contribution is -2.28. The predicted octanol–water partition coefficient (Wildman–Crippen LogP) is 3.88. The topological polar surface area (TPSA) is 76.7 Å². The van der Waals surface area contributed by atoms with Gasteiger partial charge >= 0.3 is 0 Å². The highest BCUT2D eigenvalue weighted by Crippen LogP contribution is 2.34. The molecular formula is C25H22N2O4. The van der Waals surface area contributed by atoms with Crippen LogP contribution in [0.5, 0.6) is 11.5 Å². The molecule has 156 valence electrons. The maximum Gasteiger partial charge on any atom is 0.258 e. The molecule has 0 radical (unpaired) electrons. The van der Waals surface area contributed by atoms with Crippen molar-refractivity contribution in [1.82, 2.24) is 5.32 Å². The number of benzene rings is 3. The smallest absolute Gasteiger partial charge is 0.258 e. The molecule has 2 N–H and O–H groups in total. The van der Waals surface area contributed by atoms with E-state index in [1.165, 1.54) is 7.11 Å². The number of para-hydroxylation sites is 1. The SMILES string of the molecule is COc1cc(C=C2C(=O)Nc3ccccc32)ccc1OCC(=O)NCc1ccccc1. The zero-order valence-corrected chi connectivity index (χ0v) is 17.1. The predicted molar refractivity (Wildman–Crippen MR) is 120 cm³/mol. The van der Waals surface area contributed by atoms with E-state index in [-0.39, 0.29) is 18.4 Å². The number of hydrogen-bond acceptors (Lipinski definition) is 4. The number of rotatable bonds is 7. The molecule has 3 aromatic rings. The Bertz CT molecular complexity index is 1140. The van der Waals surface area contributed by atoms with Gasteiger partial charge in [-0.25, -0.2) is 0 Å². The highest BCUT2D eigenvalue weighted by molar-refractivity contribution is 6.34. The maximum absolute atomic E-state index is 12.3. The van der Waals surface area contributed by atoms with Gasteiger partial charge in [0.25, 0.3) is 11.8 Å². The molecule has 0 unspecified atom stereocenters. The van der Waals surface area contributed by atoms with Crippen LogP contribution in [0.1, 0.15) is 16.7 Å². The van der Waals surface area contributed by atoms with E-state index in [2.05, 4.69) is 10.6 Å². The molecule has 1 aliphatic rings. The monoisotopic (exact) mass is 414 g/mol. The fourth-order valence-corrected chi connectivity index (χ4v) is 3.33. The van der Waals surface area contributed by atoms with E-state index in [1.807, 2.05) is 60.7 Å². The molecule has 2 amide bonds. The molecule has 1 heterocycles. The van der Waals surface area contributed by atoms with Crippen LogP contribution in [0.25, 0.3) is 11.6 Å². The molecule has 4 rings (SSSR count). The van der Waals surface area contributed by atoms with E-state index in [9.17, 15) is 9.59 Å². The van der Waals surface area contributed by atoms with Gasteiger partial charge in [0.2, 0.25) is 0 Å². The van der Waals surface area contributed by atoms with Crippen molar-refractivity contribution in [2.45, 2.75) is 6.54 Å². The zero-order chi connectivity index (χ0) is 21.6.